The fourth-order valence-electron chi connectivity index (χ4n) is 2.26. The van der Waals surface area contributed by atoms with Crippen LogP contribution in [-0.2, 0) is 9.53 Å². The minimum Gasteiger partial charge on any atom is -0.460 e. The van der Waals surface area contributed by atoms with E-state index in [1.165, 1.54) is 0 Å². The van der Waals surface area contributed by atoms with E-state index >= 15 is 0 Å². The Morgan fingerprint density at radius 3 is 2.41 bits per heavy atom. The first kappa shape index (κ1) is 16.9. The monoisotopic (exact) mass is 371 g/mol. The third-order valence-electron chi connectivity index (χ3n) is 3.70. The van der Waals surface area contributed by atoms with Crippen molar-refractivity contribution in [3.63, 3.8) is 0 Å². The average molecular weight is 372 g/mol. The summed E-state index contributed by atoms with van der Waals surface area (Å²) in [5, 5.41) is 7.96. The normalized spacial score (nSPS) is 18.1. The van der Waals surface area contributed by atoms with Crippen molar-refractivity contribution in [2.45, 2.75) is 46.1 Å². The van der Waals surface area contributed by atoms with Crippen molar-refractivity contribution in [2.24, 2.45) is 5.41 Å². The molecule has 0 spiro atoms. The summed E-state index contributed by atoms with van der Waals surface area (Å²) >= 11 is 3.18. The predicted octanol–water partition coefficient (Wildman–Crippen LogP) is 2.16. The number of hydrogen-bond donors (Lipinski definition) is 1. The number of hydrogen-bond acceptors (Lipinski definition) is 7. The van der Waals surface area contributed by atoms with Gasteiger partial charge in [0.15, 0.2) is 10.4 Å². The first-order chi connectivity index (χ1) is 10.1. The average Bonchev–Trinajstić information content (AvgIpc) is 2.41. The van der Waals surface area contributed by atoms with Gasteiger partial charge < -0.3 is 15.4 Å². The van der Waals surface area contributed by atoms with Gasteiger partial charge in [0, 0.05) is 13.1 Å². The Kier molecular flexibility index (Phi) is 4.60. The Labute approximate surface area is 138 Å². The van der Waals surface area contributed by atoms with Gasteiger partial charge in [-0.05, 0) is 56.5 Å². The van der Waals surface area contributed by atoms with Crippen molar-refractivity contribution in [1.29, 1.82) is 0 Å². The molecule has 22 heavy (non-hydrogen) atoms. The molecule has 8 heteroatoms. The van der Waals surface area contributed by atoms with Gasteiger partial charge in [-0.25, -0.2) is 0 Å². The molecule has 1 aromatic rings. The molecule has 1 aliphatic heterocycles. The second kappa shape index (κ2) is 5.98. The molecule has 122 valence electrons. The fraction of sp³-hybridized carbons (Fsp3) is 0.714. The van der Waals surface area contributed by atoms with E-state index in [0.29, 0.717) is 42.3 Å². The van der Waals surface area contributed by atoms with Crippen LogP contribution in [0.25, 0.3) is 0 Å². The highest BCUT2D eigenvalue weighted by Gasteiger charge is 2.40. The summed E-state index contributed by atoms with van der Waals surface area (Å²) in [7, 11) is 0. The molecule has 1 aliphatic rings. The highest BCUT2D eigenvalue weighted by Crippen LogP contribution is 2.34. The molecule has 2 rings (SSSR count). The highest BCUT2D eigenvalue weighted by molar-refractivity contribution is 9.10. The van der Waals surface area contributed by atoms with E-state index < -0.39 is 11.0 Å². The van der Waals surface area contributed by atoms with E-state index in [9.17, 15) is 4.79 Å². The molecule has 2 N–H and O–H groups in total. The van der Waals surface area contributed by atoms with Crippen molar-refractivity contribution < 1.29 is 9.53 Å². The Balaban J connectivity index is 2.03. The van der Waals surface area contributed by atoms with Crippen LogP contribution in [0.4, 0.5) is 11.8 Å². The molecule has 1 fully saturated rings. The van der Waals surface area contributed by atoms with Crippen LogP contribution in [0.1, 0.15) is 40.5 Å². The first-order valence-electron chi connectivity index (χ1n) is 7.25. The second-order valence-electron chi connectivity index (χ2n) is 6.84. The Hall–Kier alpha value is -1.44. The van der Waals surface area contributed by atoms with Gasteiger partial charge in [0.25, 0.3) is 0 Å². The summed E-state index contributed by atoms with van der Waals surface area (Å²) in [5.41, 5.74) is 4.80. The third kappa shape index (κ3) is 3.85. The number of esters is 1. The van der Waals surface area contributed by atoms with Crippen LogP contribution in [-0.4, -0.2) is 39.8 Å². The Bertz CT molecular complexity index is 565. The van der Waals surface area contributed by atoms with Crippen LogP contribution in [0.2, 0.25) is 0 Å². The second-order valence-corrected chi connectivity index (χ2v) is 7.59. The van der Waals surface area contributed by atoms with Crippen molar-refractivity contribution in [3.8, 4) is 0 Å². The number of carbonyl (C=O) groups excluding carboxylic acids is 1. The third-order valence-corrected chi connectivity index (χ3v) is 4.27. The van der Waals surface area contributed by atoms with Gasteiger partial charge in [-0.1, -0.05) is 0 Å². The number of nitrogens with two attached hydrogens (primary N) is 1. The lowest BCUT2D eigenvalue weighted by atomic mass is 9.80. The Morgan fingerprint density at radius 1 is 1.32 bits per heavy atom. The molecule has 1 aromatic heterocycles. The predicted molar refractivity (Wildman–Crippen MR) is 87.3 cm³/mol. The zero-order chi connectivity index (χ0) is 16.5. The molecule has 2 heterocycles. The molecule has 1 saturated heterocycles. The summed E-state index contributed by atoms with van der Waals surface area (Å²) in [6.45, 7) is 8.93. The van der Waals surface area contributed by atoms with Crippen LogP contribution < -0.4 is 10.6 Å². The van der Waals surface area contributed by atoms with E-state index in [0.717, 1.165) is 0 Å². The summed E-state index contributed by atoms with van der Waals surface area (Å²) < 4.78 is 5.97. The summed E-state index contributed by atoms with van der Waals surface area (Å²) in [4.78, 5) is 18.6. The maximum atomic E-state index is 12.4. The zero-order valence-corrected chi connectivity index (χ0v) is 15.0. The number of ether oxygens (including phenoxy) is 1. The molecule has 0 amide bonds. The quantitative estimate of drug-likeness (QED) is 0.795. The number of carbonyl (C=O) groups is 1. The van der Waals surface area contributed by atoms with E-state index in [-0.39, 0.29) is 5.97 Å². The van der Waals surface area contributed by atoms with Gasteiger partial charge in [-0.15, -0.1) is 10.2 Å². The molecule has 0 saturated carbocycles. The topological polar surface area (TPSA) is 94.2 Å². The summed E-state index contributed by atoms with van der Waals surface area (Å²) in [6, 6.07) is 0. The van der Waals surface area contributed by atoms with Gasteiger partial charge in [-0.3, -0.25) is 4.79 Å². The number of rotatable bonds is 2. The molecule has 7 nitrogen and oxygen atoms in total. The minimum atomic E-state index is -0.474. The van der Waals surface area contributed by atoms with Crippen molar-refractivity contribution in [2.75, 3.05) is 23.7 Å². The molecular weight excluding hydrogens is 350 g/mol. The molecule has 0 atom stereocenters. The van der Waals surface area contributed by atoms with Gasteiger partial charge in [0.05, 0.1) is 5.41 Å². The van der Waals surface area contributed by atoms with Gasteiger partial charge in [-0.2, -0.15) is 4.98 Å². The zero-order valence-electron chi connectivity index (χ0n) is 13.4. The molecule has 0 unspecified atom stereocenters. The molecule has 0 bridgehead atoms. The SMILES string of the molecule is CC(C)(C)OC(=O)C1(C)CCN(c2nnc(Br)c(N)n2)CC1. The van der Waals surface area contributed by atoms with Crippen molar-refractivity contribution in [1.82, 2.24) is 15.2 Å². The molecule has 0 aliphatic carbocycles. The highest BCUT2D eigenvalue weighted by atomic mass is 79.9. The lowest BCUT2D eigenvalue weighted by molar-refractivity contribution is -0.167. The largest absolute Gasteiger partial charge is 0.460 e. The van der Waals surface area contributed by atoms with Crippen LogP contribution in [0.5, 0.6) is 0 Å². The minimum absolute atomic E-state index is 0.144. The van der Waals surface area contributed by atoms with E-state index in [1.54, 1.807) is 0 Å². The maximum absolute atomic E-state index is 12.4. The molecule has 0 radical (unpaired) electrons. The summed E-state index contributed by atoms with van der Waals surface area (Å²) in [6.07, 6.45) is 1.36. The van der Waals surface area contributed by atoms with Gasteiger partial charge in [0.2, 0.25) is 5.95 Å². The van der Waals surface area contributed by atoms with Crippen LogP contribution >= 0.6 is 15.9 Å². The van der Waals surface area contributed by atoms with Crippen LogP contribution in [0.3, 0.4) is 0 Å². The number of piperidine rings is 1. The number of nitrogens with zero attached hydrogens (tertiary/aromatic N) is 4. The van der Waals surface area contributed by atoms with E-state index in [2.05, 4.69) is 31.1 Å². The van der Waals surface area contributed by atoms with Crippen LogP contribution in [0, 0.1) is 5.41 Å². The van der Waals surface area contributed by atoms with Gasteiger partial charge in [0.1, 0.15) is 5.60 Å². The standard InChI is InChI=1S/C14H22BrN5O2/c1-13(2,3)22-11(21)14(4)5-7-20(8-6-14)12-17-10(16)9(15)18-19-12/h5-8H2,1-4H3,(H2,16,17,19). The smallest absolute Gasteiger partial charge is 0.312 e. The first-order valence-corrected chi connectivity index (χ1v) is 8.04. The fourth-order valence-corrected chi connectivity index (χ4v) is 2.42. The van der Waals surface area contributed by atoms with E-state index in [1.807, 2.05) is 32.6 Å². The van der Waals surface area contributed by atoms with Crippen molar-refractivity contribution in [3.05, 3.63) is 4.60 Å². The number of halogens is 1. The summed E-state index contributed by atoms with van der Waals surface area (Å²) in [5.74, 6) is 0.659. The number of aromatic nitrogens is 3. The Morgan fingerprint density at radius 2 is 1.91 bits per heavy atom. The molecular formula is C14H22BrN5O2. The van der Waals surface area contributed by atoms with Crippen molar-refractivity contribution >= 4 is 33.7 Å². The van der Waals surface area contributed by atoms with Gasteiger partial charge >= 0.3 is 5.97 Å². The lowest BCUT2D eigenvalue weighted by Gasteiger charge is -2.38. The number of nitrogen functional groups attached to an aromatic ring is 1. The lowest BCUT2D eigenvalue weighted by Crippen LogP contribution is -2.45. The maximum Gasteiger partial charge on any atom is 0.312 e. The number of anilines is 2. The molecule has 0 aromatic carbocycles. The van der Waals surface area contributed by atoms with E-state index in [4.69, 9.17) is 10.5 Å². The van der Waals surface area contributed by atoms with Crippen LogP contribution in [0.15, 0.2) is 4.60 Å².